The van der Waals surface area contributed by atoms with Crippen molar-refractivity contribution >= 4 is 38.9 Å². The number of hydrogen-bond donors (Lipinski definition) is 2. The highest BCUT2D eigenvalue weighted by molar-refractivity contribution is 7.92. The average molecular weight is 370 g/mol. The summed E-state index contributed by atoms with van der Waals surface area (Å²) in [4.78, 5) is 14.9. The van der Waals surface area contributed by atoms with Gasteiger partial charge in [0.25, 0.3) is 10.0 Å². The van der Waals surface area contributed by atoms with Gasteiger partial charge in [0.2, 0.25) is 0 Å². The summed E-state index contributed by atoms with van der Waals surface area (Å²) in [5.41, 5.74) is -0.441. The third-order valence-electron chi connectivity index (χ3n) is 3.15. The Hall–Kier alpha value is -2.65. The van der Waals surface area contributed by atoms with E-state index in [2.05, 4.69) is 9.71 Å². The fraction of sp³-hybridized carbons (Fsp3) is 0. The van der Waals surface area contributed by atoms with Crippen LogP contribution in [0, 0.1) is 5.82 Å². The normalized spacial score (nSPS) is 11.6. The van der Waals surface area contributed by atoms with Crippen LogP contribution in [0.2, 0.25) is 5.15 Å². The third kappa shape index (κ3) is 2.79. The van der Waals surface area contributed by atoms with E-state index in [1.165, 1.54) is 10.6 Å². The molecule has 0 unspecified atom stereocenters. The Balaban J connectivity index is 2.07. The molecule has 3 aromatic rings. The van der Waals surface area contributed by atoms with Gasteiger partial charge in [-0.25, -0.2) is 14.2 Å². The SMILES string of the molecule is O=C(O)c1cc(NS(=O)(=O)c2c(Cl)nc3ccccn23)ccc1F. The van der Waals surface area contributed by atoms with E-state index in [0.717, 1.165) is 18.2 Å². The maximum atomic E-state index is 13.4. The smallest absolute Gasteiger partial charge is 0.338 e. The number of anilines is 1. The van der Waals surface area contributed by atoms with E-state index in [-0.39, 0.29) is 15.9 Å². The molecule has 0 bridgehead atoms. The summed E-state index contributed by atoms with van der Waals surface area (Å²) in [7, 11) is -4.18. The van der Waals surface area contributed by atoms with Gasteiger partial charge in [-0.05, 0) is 30.3 Å². The van der Waals surface area contributed by atoms with Crippen molar-refractivity contribution in [1.29, 1.82) is 0 Å². The largest absolute Gasteiger partial charge is 0.478 e. The summed E-state index contributed by atoms with van der Waals surface area (Å²) in [6.45, 7) is 0. The molecule has 0 radical (unpaired) electrons. The highest BCUT2D eigenvalue weighted by Gasteiger charge is 2.25. The van der Waals surface area contributed by atoms with Crippen LogP contribution in [0.15, 0.2) is 47.6 Å². The van der Waals surface area contributed by atoms with Crippen molar-refractivity contribution in [2.45, 2.75) is 5.03 Å². The zero-order chi connectivity index (χ0) is 17.5. The molecule has 2 heterocycles. The van der Waals surface area contributed by atoms with Crippen LogP contribution in [0.1, 0.15) is 10.4 Å². The van der Waals surface area contributed by atoms with Crippen molar-refractivity contribution < 1.29 is 22.7 Å². The van der Waals surface area contributed by atoms with E-state index in [4.69, 9.17) is 16.7 Å². The van der Waals surface area contributed by atoms with Gasteiger partial charge in [0, 0.05) is 11.9 Å². The molecule has 1 aromatic carbocycles. The summed E-state index contributed by atoms with van der Waals surface area (Å²) < 4.78 is 42.0. The summed E-state index contributed by atoms with van der Waals surface area (Å²) >= 11 is 5.92. The zero-order valence-electron chi connectivity index (χ0n) is 11.8. The van der Waals surface area contributed by atoms with Crippen molar-refractivity contribution in [3.63, 3.8) is 0 Å². The monoisotopic (exact) mass is 369 g/mol. The number of fused-ring (bicyclic) bond motifs is 1. The lowest BCUT2D eigenvalue weighted by Gasteiger charge is -2.09. The molecule has 24 heavy (non-hydrogen) atoms. The maximum absolute atomic E-state index is 13.4. The second kappa shape index (κ2) is 5.77. The number of nitrogens with one attached hydrogen (secondary N) is 1. The van der Waals surface area contributed by atoms with Crippen LogP contribution in [0.4, 0.5) is 10.1 Å². The number of hydrogen-bond acceptors (Lipinski definition) is 4. The molecule has 2 aromatic heterocycles. The number of benzene rings is 1. The van der Waals surface area contributed by atoms with Gasteiger partial charge >= 0.3 is 5.97 Å². The second-order valence-electron chi connectivity index (χ2n) is 4.74. The van der Waals surface area contributed by atoms with Crippen molar-refractivity contribution in [3.8, 4) is 0 Å². The molecule has 0 amide bonds. The number of aromatic carboxylic acids is 1. The highest BCUT2D eigenvalue weighted by atomic mass is 35.5. The second-order valence-corrected chi connectivity index (χ2v) is 6.70. The Morgan fingerprint density at radius 3 is 2.75 bits per heavy atom. The first-order chi connectivity index (χ1) is 11.3. The van der Waals surface area contributed by atoms with Gasteiger partial charge in [-0.15, -0.1) is 0 Å². The number of carboxylic acids is 1. The standard InChI is InChI=1S/C14H9ClFN3O4S/c15-12-13(19-6-2-1-3-11(19)17-12)24(22,23)18-8-4-5-10(16)9(7-8)14(20)21/h1-7,18H,(H,20,21). The van der Waals surface area contributed by atoms with E-state index < -0.39 is 27.4 Å². The van der Waals surface area contributed by atoms with Crippen LogP contribution in [0.3, 0.4) is 0 Å². The summed E-state index contributed by atoms with van der Waals surface area (Å²) in [6.07, 6.45) is 1.47. The third-order valence-corrected chi connectivity index (χ3v) is 4.93. The maximum Gasteiger partial charge on any atom is 0.338 e. The van der Waals surface area contributed by atoms with Gasteiger partial charge in [-0.2, -0.15) is 8.42 Å². The number of rotatable bonds is 4. The van der Waals surface area contributed by atoms with E-state index in [1.807, 2.05) is 0 Å². The van der Waals surface area contributed by atoms with Gasteiger partial charge < -0.3 is 5.11 Å². The molecule has 10 heteroatoms. The number of aromatic nitrogens is 2. The molecule has 0 spiro atoms. The number of nitrogens with zero attached hydrogens (tertiary/aromatic N) is 2. The van der Waals surface area contributed by atoms with E-state index >= 15 is 0 Å². The van der Waals surface area contributed by atoms with Crippen LogP contribution >= 0.6 is 11.6 Å². The molecular formula is C14H9ClFN3O4S. The Kier molecular flexibility index (Phi) is 3.90. The van der Waals surface area contributed by atoms with Gasteiger partial charge in [0.05, 0.1) is 5.56 Å². The summed E-state index contributed by atoms with van der Waals surface area (Å²) in [5.74, 6) is -2.49. The number of pyridine rings is 1. The summed E-state index contributed by atoms with van der Waals surface area (Å²) in [6, 6.07) is 7.69. The fourth-order valence-electron chi connectivity index (χ4n) is 2.14. The van der Waals surface area contributed by atoms with Crippen LogP contribution in [0.25, 0.3) is 5.65 Å². The predicted octanol–water partition coefficient (Wildman–Crippen LogP) is 2.63. The Morgan fingerprint density at radius 1 is 1.29 bits per heavy atom. The van der Waals surface area contributed by atoms with Crippen molar-refractivity contribution in [2.75, 3.05) is 4.72 Å². The lowest BCUT2D eigenvalue weighted by atomic mass is 10.2. The Labute approximate surface area is 140 Å². The molecule has 0 aliphatic carbocycles. The van der Waals surface area contributed by atoms with Crippen molar-refractivity contribution in [2.24, 2.45) is 0 Å². The Morgan fingerprint density at radius 2 is 2.04 bits per heavy atom. The van der Waals surface area contributed by atoms with Gasteiger partial charge in [0.15, 0.2) is 10.2 Å². The fourth-order valence-corrected chi connectivity index (χ4v) is 3.84. The number of sulfonamides is 1. The molecule has 2 N–H and O–H groups in total. The first-order valence-corrected chi connectivity index (χ1v) is 8.34. The topological polar surface area (TPSA) is 101 Å². The molecule has 0 atom stereocenters. The predicted molar refractivity (Wildman–Crippen MR) is 84.4 cm³/mol. The molecule has 0 saturated heterocycles. The molecule has 0 aliphatic heterocycles. The quantitative estimate of drug-likeness (QED) is 0.736. The van der Waals surface area contributed by atoms with Crippen LogP contribution in [-0.2, 0) is 10.0 Å². The molecule has 0 aliphatic rings. The summed E-state index contributed by atoms with van der Waals surface area (Å²) in [5, 5.41) is 8.36. The molecule has 124 valence electrons. The molecule has 3 rings (SSSR count). The molecular weight excluding hydrogens is 361 g/mol. The van der Waals surface area contributed by atoms with Crippen molar-refractivity contribution in [3.05, 3.63) is 59.1 Å². The first kappa shape index (κ1) is 16.2. The van der Waals surface area contributed by atoms with E-state index in [0.29, 0.717) is 5.65 Å². The average Bonchev–Trinajstić information content (AvgIpc) is 2.85. The molecule has 0 fully saturated rings. The minimum atomic E-state index is -4.18. The number of halogens is 2. The first-order valence-electron chi connectivity index (χ1n) is 6.48. The van der Waals surface area contributed by atoms with Gasteiger partial charge in [-0.1, -0.05) is 17.7 Å². The van der Waals surface area contributed by atoms with Crippen molar-refractivity contribution in [1.82, 2.24) is 9.38 Å². The zero-order valence-corrected chi connectivity index (χ0v) is 13.3. The van der Waals surface area contributed by atoms with Crippen LogP contribution in [0.5, 0.6) is 0 Å². The van der Waals surface area contributed by atoms with Crippen LogP contribution in [-0.4, -0.2) is 28.9 Å². The minimum Gasteiger partial charge on any atom is -0.478 e. The number of imidazole rings is 1. The molecule has 0 saturated carbocycles. The van der Waals surface area contributed by atoms with Crippen LogP contribution < -0.4 is 4.72 Å². The van der Waals surface area contributed by atoms with E-state index in [9.17, 15) is 17.6 Å². The van der Waals surface area contributed by atoms with Gasteiger partial charge in [0.1, 0.15) is 11.5 Å². The lowest BCUT2D eigenvalue weighted by Crippen LogP contribution is -2.16. The Bertz CT molecular complexity index is 1070. The van der Waals surface area contributed by atoms with Gasteiger partial charge in [-0.3, -0.25) is 9.12 Å². The number of carbonyl (C=O) groups is 1. The number of carboxylic acid groups (broad SMARTS) is 1. The highest BCUT2D eigenvalue weighted by Crippen LogP contribution is 2.25. The lowest BCUT2D eigenvalue weighted by molar-refractivity contribution is 0.0692. The minimum absolute atomic E-state index is 0.115. The van der Waals surface area contributed by atoms with E-state index in [1.54, 1.807) is 18.2 Å². The molecule has 7 nitrogen and oxygen atoms in total.